The summed E-state index contributed by atoms with van der Waals surface area (Å²) in [6, 6.07) is 7.07. The molecule has 0 bridgehead atoms. The molecule has 9 nitrogen and oxygen atoms in total. The Kier molecular flexibility index (Phi) is 7.49. The molecule has 0 saturated carbocycles. The third-order valence-corrected chi connectivity index (χ3v) is 7.34. The molecule has 1 saturated heterocycles. The monoisotopic (exact) mass is 498 g/mol. The molecule has 0 aliphatic carbocycles. The summed E-state index contributed by atoms with van der Waals surface area (Å²) in [5.74, 6) is 0.234. The van der Waals surface area contributed by atoms with Crippen LogP contribution >= 0.6 is 11.8 Å². The molecule has 1 aromatic carbocycles. The maximum atomic E-state index is 13.2. The molecule has 0 radical (unpaired) electrons. The first kappa shape index (κ1) is 24.8. The van der Waals surface area contributed by atoms with E-state index in [1.165, 1.54) is 18.9 Å². The lowest BCUT2D eigenvalue weighted by Gasteiger charge is -2.38. The molecule has 1 aromatic rings. The van der Waals surface area contributed by atoms with Gasteiger partial charge in [0.05, 0.1) is 38.0 Å². The van der Waals surface area contributed by atoms with Crippen molar-refractivity contribution in [3.05, 3.63) is 52.2 Å². The topological polar surface area (TPSA) is 91.8 Å². The number of fused-ring (bicyclic) bond motifs is 1. The van der Waals surface area contributed by atoms with Gasteiger partial charge in [0.15, 0.2) is 5.17 Å². The van der Waals surface area contributed by atoms with Gasteiger partial charge in [-0.05, 0) is 29.5 Å². The second-order valence-corrected chi connectivity index (χ2v) is 9.28. The number of amides is 2. The van der Waals surface area contributed by atoms with Crippen molar-refractivity contribution in [1.82, 2.24) is 14.7 Å². The average Bonchev–Trinajstić information content (AvgIpc) is 3.29. The highest BCUT2D eigenvalue weighted by Gasteiger charge is 2.42. The Balaban J connectivity index is 1.65. The van der Waals surface area contributed by atoms with Crippen LogP contribution < -0.4 is 4.74 Å². The molecule has 0 spiro atoms. The van der Waals surface area contributed by atoms with Gasteiger partial charge in [0.25, 0.3) is 0 Å². The van der Waals surface area contributed by atoms with E-state index in [0.29, 0.717) is 49.6 Å². The second-order valence-electron chi connectivity index (χ2n) is 8.44. The van der Waals surface area contributed by atoms with Crippen LogP contribution in [0.25, 0.3) is 0 Å². The number of carbonyl (C=O) groups excluding carboxylic acids is 3. The third kappa shape index (κ3) is 4.93. The Bertz CT molecular complexity index is 1120. The summed E-state index contributed by atoms with van der Waals surface area (Å²) in [5, 5.41) is 2.66. The highest BCUT2D eigenvalue weighted by molar-refractivity contribution is 8.16. The fourth-order valence-corrected chi connectivity index (χ4v) is 5.51. The van der Waals surface area contributed by atoms with Crippen molar-refractivity contribution in [1.29, 1.82) is 0 Å². The second kappa shape index (κ2) is 10.6. The molecule has 3 aliphatic heterocycles. The highest BCUT2D eigenvalue weighted by Crippen LogP contribution is 2.46. The van der Waals surface area contributed by atoms with E-state index in [1.807, 2.05) is 41.5 Å². The average molecular weight is 499 g/mol. The van der Waals surface area contributed by atoms with Crippen molar-refractivity contribution in [2.75, 3.05) is 40.4 Å². The first-order valence-electron chi connectivity index (χ1n) is 11.6. The molecule has 10 heteroatoms. The van der Waals surface area contributed by atoms with Gasteiger partial charge in [-0.3, -0.25) is 9.59 Å². The largest absolute Gasteiger partial charge is 0.497 e. The molecule has 1 fully saturated rings. The third-order valence-electron chi connectivity index (χ3n) is 6.45. The van der Waals surface area contributed by atoms with E-state index in [0.717, 1.165) is 16.4 Å². The first-order chi connectivity index (χ1) is 16.9. The summed E-state index contributed by atoms with van der Waals surface area (Å²) in [5.41, 5.74) is 2.75. The van der Waals surface area contributed by atoms with Crippen LogP contribution in [0.3, 0.4) is 0 Å². The minimum Gasteiger partial charge on any atom is -0.497 e. The maximum Gasteiger partial charge on any atom is 0.338 e. The summed E-state index contributed by atoms with van der Waals surface area (Å²) in [4.78, 5) is 48.1. The van der Waals surface area contributed by atoms with Gasteiger partial charge in [0.1, 0.15) is 5.75 Å². The van der Waals surface area contributed by atoms with Gasteiger partial charge >= 0.3 is 5.97 Å². The van der Waals surface area contributed by atoms with Gasteiger partial charge in [-0.1, -0.05) is 30.8 Å². The van der Waals surface area contributed by atoms with E-state index in [2.05, 4.69) is 0 Å². The Hall–Kier alpha value is -3.27. The van der Waals surface area contributed by atoms with Crippen molar-refractivity contribution in [3.63, 3.8) is 0 Å². The summed E-state index contributed by atoms with van der Waals surface area (Å²) in [6.07, 6.45) is 0.736. The number of hydrogen-bond acceptors (Lipinski definition) is 8. The zero-order valence-electron chi connectivity index (χ0n) is 20.4. The summed E-state index contributed by atoms with van der Waals surface area (Å²) in [6.45, 7) is 5.59. The van der Waals surface area contributed by atoms with Crippen LogP contribution in [-0.4, -0.2) is 78.0 Å². The van der Waals surface area contributed by atoms with Crippen LogP contribution in [0.2, 0.25) is 0 Å². The van der Waals surface area contributed by atoms with Crippen LogP contribution in [0.5, 0.6) is 5.75 Å². The number of carbonyl (C=O) groups is 3. The molecule has 0 aromatic heterocycles. The van der Waals surface area contributed by atoms with E-state index in [-0.39, 0.29) is 18.2 Å². The van der Waals surface area contributed by atoms with E-state index in [4.69, 9.17) is 14.5 Å². The molecular weight excluding hydrogens is 468 g/mol. The lowest BCUT2D eigenvalue weighted by Crippen LogP contribution is -2.50. The maximum absolute atomic E-state index is 13.2. The number of amidine groups is 1. The first-order valence-corrected chi connectivity index (χ1v) is 12.5. The summed E-state index contributed by atoms with van der Waals surface area (Å²) < 4.78 is 10.6. The van der Waals surface area contributed by atoms with Crippen LogP contribution in [0.1, 0.15) is 38.3 Å². The Morgan fingerprint density at radius 3 is 2.46 bits per heavy atom. The van der Waals surface area contributed by atoms with Gasteiger partial charge < -0.3 is 24.2 Å². The molecule has 0 unspecified atom stereocenters. The van der Waals surface area contributed by atoms with E-state index in [9.17, 15) is 14.4 Å². The fraction of sp³-hybridized carbons (Fsp3) is 0.440. The SMILES string of the molecule is CCC1=C(C(=O)OC)[C@@H](c2cccc(OC)c2)N2C(CC(=O)N3CCN(C(C)=O)CC3)=CSC2=N1. The van der Waals surface area contributed by atoms with Gasteiger partial charge in [0.2, 0.25) is 11.8 Å². The number of ether oxygens (including phenoxy) is 2. The molecule has 3 aliphatic rings. The lowest BCUT2D eigenvalue weighted by atomic mass is 9.92. The van der Waals surface area contributed by atoms with Gasteiger partial charge in [-0.15, -0.1) is 0 Å². The molecule has 0 N–H and O–H groups in total. The number of allylic oxidation sites excluding steroid dienone is 1. The van der Waals surface area contributed by atoms with Gasteiger partial charge in [-0.2, -0.15) is 0 Å². The lowest BCUT2D eigenvalue weighted by molar-refractivity contribution is -0.138. The van der Waals surface area contributed by atoms with E-state index in [1.54, 1.807) is 23.8 Å². The number of benzene rings is 1. The highest BCUT2D eigenvalue weighted by atomic mass is 32.2. The summed E-state index contributed by atoms with van der Waals surface area (Å²) >= 11 is 1.45. The van der Waals surface area contributed by atoms with Crippen molar-refractivity contribution in [3.8, 4) is 5.75 Å². The zero-order chi connectivity index (χ0) is 25.1. The fourth-order valence-electron chi connectivity index (χ4n) is 4.58. The molecule has 2 amide bonds. The van der Waals surface area contributed by atoms with Crippen LogP contribution in [0, 0.1) is 0 Å². The van der Waals surface area contributed by atoms with Crippen LogP contribution in [0.4, 0.5) is 0 Å². The van der Waals surface area contributed by atoms with Crippen molar-refractivity contribution < 1.29 is 23.9 Å². The van der Waals surface area contributed by atoms with Gasteiger partial charge in [0, 0.05) is 38.8 Å². The van der Waals surface area contributed by atoms with Gasteiger partial charge in [-0.25, -0.2) is 9.79 Å². The predicted molar refractivity (Wildman–Crippen MR) is 133 cm³/mol. The normalized spacial score (nSPS) is 19.8. The van der Waals surface area contributed by atoms with Crippen molar-refractivity contribution >= 4 is 34.7 Å². The smallest absolute Gasteiger partial charge is 0.338 e. The Labute approximate surface area is 209 Å². The molecule has 4 rings (SSSR count). The minimum absolute atomic E-state index is 0.0180. The van der Waals surface area contributed by atoms with E-state index >= 15 is 0 Å². The van der Waals surface area contributed by atoms with Crippen molar-refractivity contribution in [2.45, 2.75) is 32.7 Å². The predicted octanol–water partition coefficient (Wildman–Crippen LogP) is 2.91. The zero-order valence-corrected chi connectivity index (χ0v) is 21.3. The molecule has 1 atom stereocenters. The molecular formula is C25H30N4O5S. The minimum atomic E-state index is -0.497. The molecule has 35 heavy (non-hydrogen) atoms. The number of methoxy groups -OCH3 is 2. The van der Waals surface area contributed by atoms with Crippen molar-refractivity contribution in [2.24, 2.45) is 4.99 Å². The van der Waals surface area contributed by atoms with Crippen LogP contribution in [-0.2, 0) is 19.1 Å². The number of nitrogens with zero attached hydrogens (tertiary/aromatic N) is 4. The van der Waals surface area contributed by atoms with Crippen LogP contribution in [0.15, 0.2) is 51.6 Å². The number of piperazine rings is 1. The van der Waals surface area contributed by atoms with E-state index < -0.39 is 12.0 Å². The number of hydrogen-bond donors (Lipinski definition) is 0. The Morgan fingerprint density at radius 2 is 1.83 bits per heavy atom. The quantitative estimate of drug-likeness (QED) is 0.557. The number of rotatable bonds is 6. The Morgan fingerprint density at radius 1 is 1.11 bits per heavy atom. The molecule has 3 heterocycles. The summed E-state index contributed by atoms with van der Waals surface area (Å²) in [7, 11) is 2.97. The number of thioether (sulfide) groups is 1. The number of aliphatic imine (C=N–C) groups is 1. The number of esters is 1. The standard InChI is InChI=1S/C25H30N4O5S/c1-5-20-22(24(32)34-4)23(17-7-6-8-19(13-17)33-3)29-18(15-35-25(29)26-20)14-21(31)28-11-9-27(10-12-28)16(2)30/h6-8,13,15,23H,5,9-12,14H2,1-4H3/t23-/m1/s1. The molecule has 186 valence electrons.